The van der Waals surface area contributed by atoms with Crippen molar-refractivity contribution in [2.24, 2.45) is 4.99 Å². The minimum Gasteiger partial charge on any atom is -0.357 e. The SMILES string of the molecule is CCNC(=NCc1cn2ccsc2n1)N(C)Cc1ncc(-c2ccccc2)[nH]1. The van der Waals surface area contributed by atoms with Crippen LogP contribution in [-0.2, 0) is 13.1 Å². The number of thiazole rings is 1. The molecule has 0 aliphatic rings. The Balaban J connectivity index is 1.45. The van der Waals surface area contributed by atoms with E-state index >= 15 is 0 Å². The molecule has 0 radical (unpaired) electrons. The van der Waals surface area contributed by atoms with Gasteiger partial charge in [0.25, 0.3) is 0 Å². The lowest BCUT2D eigenvalue weighted by atomic mass is 10.2. The molecule has 1 aromatic carbocycles. The molecule has 0 aliphatic heterocycles. The minimum absolute atomic E-state index is 0.536. The monoisotopic (exact) mass is 393 g/mol. The second kappa shape index (κ2) is 8.26. The maximum Gasteiger partial charge on any atom is 0.194 e. The highest BCUT2D eigenvalue weighted by Crippen LogP contribution is 2.16. The summed E-state index contributed by atoms with van der Waals surface area (Å²) in [6.45, 7) is 4.04. The Bertz CT molecular complexity index is 1030. The zero-order chi connectivity index (χ0) is 19.3. The molecule has 3 heterocycles. The summed E-state index contributed by atoms with van der Waals surface area (Å²) in [6, 6.07) is 10.2. The molecule has 4 aromatic rings. The molecule has 0 bridgehead atoms. The molecule has 144 valence electrons. The summed E-state index contributed by atoms with van der Waals surface area (Å²) < 4.78 is 2.03. The molecule has 7 nitrogen and oxygen atoms in total. The van der Waals surface area contributed by atoms with Crippen molar-refractivity contribution >= 4 is 22.3 Å². The van der Waals surface area contributed by atoms with Crippen molar-refractivity contribution in [1.29, 1.82) is 0 Å². The van der Waals surface area contributed by atoms with E-state index in [0.717, 1.165) is 40.2 Å². The number of imidazole rings is 2. The summed E-state index contributed by atoms with van der Waals surface area (Å²) in [4.78, 5) is 20.3. The molecule has 2 N–H and O–H groups in total. The Labute approximate surface area is 167 Å². The van der Waals surface area contributed by atoms with Crippen molar-refractivity contribution in [2.45, 2.75) is 20.0 Å². The predicted molar refractivity (Wildman–Crippen MR) is 113 cm³/mol. The summed E-state index contributed by atoms with van der Waals surface area (Å²) >= 11 is 1.63. The number of aliphatic imine (C=N–C) groups is 1. The van der Waals surface area contributed by atoms with E-state index in [0.29, 0.717) is 13.1 Å². The molecule has 0 atom stereocenters. The first kappa shape index (κ1) is 18.2. The van der Waals surface area contributed by atoms with Crippen LogP contribution in [0.4, 0.5) is 0 Å². The third kappa shape index (κ3) is 4.07. The number of nitrogens with one attached hydrogen (secondary N) is 2. The molecule has 4 rings (SSSR count). The maximum atomic E-state index is 4.74. The van der Waals surface area contributed by atoms with E-state index in [1.165, 1.54) is 0 Å². The van der Waals surface area contributed by atoms with Gasteiger partial charge in [0.15, 0.2) is 10.9 Å². The van der Waals surface area contributed by atoms with Crippen molar-refractivity contribution in [3.8, 4) is 11.3 Å². The highest BCUT2D eigenvalue weighted by Gasteiger charge is 2.10. The van der Waals surface area contributed by atoms with E-state index in [2.05, 4.69) is 44.2 Å². The Morgan fingerprint density at radius 3 is 2.96 bits per heavy atom. The number of nitrogens with zero attached hydrogens (tertiary/aromatic N) is 5. The van der Waals surface area contributed by atoms with Crippen molar-refractivity contribution in [1.82, 2.24) is 29.6 Å². The summed E-state index contributed by atoms with van der Waals surface area (Å²) in [7, 11) is 2.01. The average Bonchev–Trinajstić information content (AvgIpc) is 3.42. The number of hydrogen-bond acceptors (Lipinski definition) is 4. The summed E-state index contributed by atoms with van der Waals surface area (Å²) in [5, 5.41) is 5.37. The smallest absolute Gasteiger partial charge is 0.194 e. The van der Waals surface area contributed by atoms with E-state index in [9.17, 15) is 0 Å². The third-order valence-electron chi connectivity index (χ3n) is 4.33. The van der Waals surface area contributed by atoms with Gasteiger partial charge in [-0.1, -0.05) is 30.3 Å². The summed E-state index contributed by atoms with van der Waals surface area (Å²) in [5.74, 6) is 1.73. The Morgan fingerprint density at radius 1 is 1.32 bits per heavy atom. The van der Waals surface area contributed by atoms with Gasteiger partial charge < -0.3 is 15.2 Å². The van der Waals surface area contributed by atoms with Crippen molar-refractivity contribution in [2.75, 3.05) is 13.6 Å². The minimum atomic E-state index is 0.536. The zero-order valence-electron chi connectivity index (χ0n) is 16.0. The molecule has 0 unspecified atom stereocenters. The fourth-order valence-electron chi connectivity index (χ4n) is 2.98. The second-order valence-corrected chi connectivity index (χ2v) is 7.33. The van der Waals surface area contributed by atoms with Gasteiger partial charge in [0.2, 0.25) is 0 Å². The van der Waals surface area contributed by atoms with Gasteiger partial charge in [0.1, 0.15) is 5.82 Å². The normalized spacial score (nSPS) is 11.9. The highest BCUT2D eigenvalue weighted by molar-refractivity contribution is 7.15. The standard InChI is InChI=1S/C20H23N7S/c1-3-21-19(23-11-16-13-27-9-10-28-20(27)24-16)26(2)14-18-22-12-17(25-18)15-7-5-4-6-8-15/h4-10,12-13H,3,11,14H2,1-2H3,(H,21,23)(H,22,25). The van der Waals surface area contributed by atoms with Crippen LogP contribution in [0.15, 0.2) is 59.3 Å². The van der Waals surface area contributed by atoms with Crippen LogP contribution in [0.3, 0.4) is 0 Å². The van der Waals surface area contributed by atoms with Crippen LogP contribution in [-0.4, -0.2) is 43.8 Å². The van der Waals surface area contributed by atoms with Crippen LogP contribution >= 0.6 is 11.3 Å². The second-order valence-electron chi connectivity index (χ2n) is 6.46. The van der Waals surface area contributed by atoms with Crippen molar-refractivity contribution < 1.29 is 0 Å². The Hall–Kier alpha value is -3.13. The zero-order valence-corrected chi connectivity index (χ0v) is 16.8. The van der Waals surface area contributed by atoms with Crippen LogP contribution in [0.1, 0.15) is 18.4 Å². The molecule has 0 saturated heterocycles. The predicted octanol–water partition coefficient (Wildman–Crippen LogP) is 3.38. The van der Waals surface area contributed by atoms with Gasteiger partial charge in [-0.25, -0.2) is 15.0 Å². The Morgan fingerprint density at radius 2 is 2.18 bits per heavy atom. The van der Waals surface area contributed by atoms with Crippen LogP contribution in [0.25, 0.3) is 16.2 Å². The van der Waals surface area contributed by atoms with Gasteiger partial charge in [-0.15, -0.1) is 11.3 Å². The van der Waals surface area contributed by atoms with Crippen molar-refractivity contribution in [3.05, 3.63) is 65.8 Å². The highest BCUT2D eigenvalue weighted by atomic mass is 32.1. The van der Waals surface area contributed by atoms with E-state index < -0.39 is 0 Å². The van der Waals surface area contributed by atoms with E-state index in [-0.39, 0.29) is 0 Å². The molecular formula is C20H23N7S. The van der Waals surface area contributed by atoms with E-state index in [1.807, 2.05) is 53.6 Å². The maximum absolute atomic E-state index is 4.74. The number of hydrogen-bond donors (Lipinski definition) is 2. The van der Waals surface area contributed by atoms with Crippen LogP contribution < -0.4 is 5.32 Å². The number of rotatable bonds is 6. The lowest BCUT2D eigenvalue weighted by molar-refractivity contribution is 0.464. The van der Waals surface area contributed by atoms with Crippen molar-refractivity contribution in [3.63, 3.8) is 0 Å². The topological polar surface area (TPSA) is 73.6 Å². The number of aromatic amines is 1. The van der Waals surface area contributed by atoms with E-state index in [4.69, 9.17) is 4.99 Å². The lowest BCUT2D eigenvalue weighted by Gasteiger charge is -2.20. The molecule has 3 aromatic heterocycles. The first-order valence-corrected chi connectivity index (χ1v) is 10.1. The van der Waals surface area contributed by atoms with Crippen LogP contribution in [0, 0.1) is 0 Å². The first-order valence-electron chi connectivity index (χ1n) is 9.22. The van der Waals surface area contributed by atoms with Gasteiger partial charge in [-0.05, 0) is 12.5 Å². The van der Waals surface area contributed by atoms with Gasteiger partial charge in [-0.3, -0.25) is 4.40 Å². The van der Waals surface area contributed by atoms with E-state index in [1.54, 1.807) is 11.3 Å². The van der Waals surface area contributed by atoms with Gasteiger partial charge in [-0.2, -0.15) is 0 Å². The number of fused-ring (bicyclic) bond motifs is 1. The van der Waals surface area contributed by atoms with Gasteiger partial charge in [0.05, 0.1) is 30.7 Å². The fraction of sp³-hybridized carbons (Fsp3) is 0.250. The van der Waals surface area contributed by atoms with Gasteiger partial charge in [0, 0.05) is 31.4 Å². The molecular weight excluding hydrogens is 370 g/mol. The number of aromatic nitrogens is 4. The average molecular weight is 394 g/mol. The molecule has 28 heavy (non-hydrogen) atoms. The third-order valence-corrected chi connectivity index (χ3v) is 5.10. The molecule has 0 amide bonds. The van der Waals surface area contributed by atoms with Crippen LogP contribution in [0.2, 0.25) is 0 Å². The quantitative estimate of drug-likeness (QED) is 0.389. The molecule has 8 heteroatoms. The Kier molecular flexibility index (Phi) is 5.38. The number of benzene rings is 1. The summed E-state index contributed by atoms with van der Waals surface area (Å²) in [6.07, 6.45) is 5.91. The fourth-order valence-corrected chi connectivity index (χ4v) is 3.70. The number of H-pyrrole nitrogens is 1. The first-order chi connectivity index (χ1) is 13.7. The molecule has 0 aliphatic carbocycles. The molecule has 0 saturated carbocycles. The largest absolute Gasteiger partial charge is 0.357 e. The summed E-state index contributed by atoms with van der Waals surface area (Å²) in [5.41, 5.74) is 3.10. The molecule has 0 fully saturated rings. The van der Waals surface area contributed by atoms with Crippen LogP contribution in [0.5, 0.6) is 0 Å². The van der Waals surface area contributed by atoms with Gasteiger partial charge >= 0.3 is 0 Å². The molecule has 0 spiro atoms. The lowest BCUT2D eigenvalue weighted by Crippen LogP contribution is -2.38. The number of guanidine groups is 1.